The van der Waals surface area contributed by atoms with E-state index in [1.807, 2.05) is 31.2 Å². The largest absolute Gasteiger partial charge is 0.497 e. The van der Waals surface area contributed by atoms with Crippen molar-refractivity contribution in [3.63, 3.8) is 0 Å². The molecule has 98 valence electrons. The van der Waals surface area contributed by atoms with Crippen LogP contribution in [0, 0.1) is 5.92 Å². The van der Waals surface area contributed by atoms with Crippen LogP contribution in [0.25, 0.3) is 0 Å². The Morgan fingerprint density at radius 3 is 2.67 bits per heavy atom. The van der Waals surface area contributed by atoms with Crippen LogP contribution in [-0.2, 0) is 9.53 Å². The average Bonchev–Trinajstić information content (AvgIpc) is 3.22. The first-order valence-corrected chi connectivity index (χ1v) is 6.11. The molecule has 0 radical (unpaired) electrons. The fourth-order valence-corrected chi connectivity index (χ4v) is 2.19. The van der Waals surface area contributed by atoms with Gasteiger partial charge in [-0.2, -0.15) is 0 Å². The van der Waals surface area contributed by atoms with Gasteiger partial charge in [-0.15, -0.1) is 0 Å². The second kappa shape index (κ2) is 4.88. The molecule has 0 aliphatic heterocycles. The van der Waals surface area contributed by atoms with Gasteiger partial charge in [-0.3, -0.25) is 0 Å². The fraction of sp³-hybridized carbons (Fsp3) is 0.500. The van der Waals surface area contributed by atoms with Crippen LogP contribution < -0.4 is 10.1 Å². The van der Waals surface area contributed by atoms with Gasteiger partial charge >= 0.3 is 5.97 Å². The zero-order chi connectivity index (χ0) is 13.2. The van der Waals surface area contributed by atoms with Crippen molar-refractivity contribution in [2.75, 3.05) is 19.5 Å². The van der Waals surface area contributed by atoms with Gasteiger partial charge in [0.05, 0.1) is 14.2 Å². The summed E-state index contributed by atoms with van der Waals surface area (Å²) in [6.45, 7) is 1.90. The number of rotatable bonds is 5. The van der Waals surface area contributed by atoms with Crippen molar-refractivity contribution in [3.8, 4) is 5.75 Å². The maximum atomic E-state index is 12.0. The predicted octanol–water partition coefficient (Wildman–Crippen LogP) is 2.45. The molecular formula is C14H19NO3. The predicted molar refractivity (Wildman–Crippen MR) is 69.8 cm³/mol. The Bertz CT molecular complexity index is 442. The summed E-state index contributed by atoms with van der Waals surface area (Å²) < 4.78 is 10.1. The third-order valence-electron chi connectivity index (χ3n) is 3.48. The van der Waals surface area contributed by atoms with Crippen LogP contribution in [0.5, 0.6) is 5.75 Å². The Hall–Kier alpha value is -1.71. The standard InChI is InChI=1S/C14H19NO3/c1-14(10-7-8-10,13(16)18-3)15-11-5-4-6-12(9-11)17-2/h4-6,9-10,15H,7-8H2,1-3H3. The lowest BCUT2D eigenvalue weighted by Crippen LogP contribution is -2.46. The minimum Gasteiger partial charge on any atom is -0.497 e. The summed E-state index contributed by atoms with van der Waals surface area (Å²) >= 11 is 0. The molecule has 1 aromatic rings. The summed E-state index contributed by atoms with van der Waals surface area (Å²) in [4.78, 5) is 12.0. The molecule has 1 atom stereocenters. The molecule has 0 bridgehead atoms. The Morgan fingerprint density at radius 1 is 1.39 bits per heavy atom. The molecule has 4 nitrogen and oxygen atoms in total. The summed E-state index contributed by atoms with van der Waals surface area (Å²) in [6.07, 6.45) is 2.12. The van der Waals surface area contributed by atoms with Gasteiger partial charge in [0.1, 0.15) is 11.3 Å². The zero-order valence-electron chi connectivity index (χ0n) is 11.0. The number of carbonyl (C=O) groups excluding carboxylic acids is 1. The number of esters is 1. The molecule has 0 heterocycles. The van der Waals surface area contributed by atoms with Crippen LogP contribution >= 0.6 is 0 Å². The molecule has 2 rings (SSSR count). The number of methoxy groups -OCH3 is 2. The van der Waals surface area contributed by atoms with Crippen molar-refractivity contribution in [1.82, 2.24) is 0 Å². The quantitative estimate of drug-likeness (QED) is 0.814. The summed E-state index contributed by atoms with van der Waals surface area (Å²) in [5.41, 5.74) is 0.218. The zero-order valence-corrected chi connectivity index (χ0v) is 11.0. The minimum atomic E-state index is -0.652. The molecule has 1 aromatic carbocycles. The van der Waals surface area contributed by atoms with Crippen LogP contribution in [0.3, 0.4) is 0 Å². The van der Waals surface area contributed by atoms with Gasteiger partial charge in [-0.05, 0) is 37.8 Å². The van der Waals surface area contributed by atoms with E-state index in [-0.39, 0.29) is 5.97 Å². The van der Waals surface area contributed by atoms with Crippen molar-refractivity contribution in [2.45, 2.75) is 25.3 Å². The third kappa shape index (κ3) is 2.42. The fourth-order valence-electron chi connectivity index (χ4n) is 2.19. The van der Waals surface area contributed by atoms with E-state index in [4.69, 9.17) is 9.47 Å². The van der Waals surface area contributed by atoms with Gasteiger partial charge in [-0.25, -0.2) is 4.79 Å². The Morgan fingerprint density at radius 2 is 2.11 bits per heavy atom. The molecule has 4 heteroatoms. The minimum absolute atomic E-state index is 0.215. The molecule has 1 unspecified atom stereocenters. The normalized spacial score (nSPS) is 17.7. The number of anilines is 1. The molecule has 0 saturated heterocycles. The number of carbonyl (C=O) groups is 1. The van der Waals surface area contributed by atoms with E-state index in [0.717, 1.165) is 24.3 Å². The molecule has 0 aromatic heterocycles. The lowest BCUT2D eigenvalue weighted by Gasteiger charge is -2.29. The molecule has 18 heavy (non-hydrogen) atoms. The highest BCUT2D eigenvalue weighted by Crippen LogP contribution is 2.42. The highest BCUT2D eigenvalue weighted by atomic mass is 16.5. The summed E-state index contributed by atoms with van der Waals surface area (Å²) in [5.74, 6) is 0.895. The van der Waals surface area contributed by atoms with Crippen molar-refractivity contribution in [2.24, 2.45) is 5.92 Å². The number of hydrogen-bond acceptors (Lipinski definition) is 4. The lowest BCUT2D eigenvalue weighted by molar-refractivity contribution is -0.146. The molecule has 0 spiro atoms. The Balaban J connectivity index is 2.20. The second-order valence-corrected chi connectivity index (χ2v) is 4.83. The maximum Gasteiger partial charge on any atom is 0.331 e. The molecule has 1 saturated carbocycles. The van der Waals surface area contributed by atoms with Crippen molar-refractivity contribution >= 4 is 11.7 Å². The topological polar surface area (TPSA) is 47.6 Å². The molecule has 1 N–H and O–H groups in total. The monoisotopic (exact) mass is 249 g/mol. The van der Waals surface area contributed by atoms with Crippen LogP contribution in [0.4, 0.5) is 5.69 Å². The van der Waals surface area contributed by atoms with Crippen LogP contribution in [0.1, 0.15) is 19.8 Å². The first-order valence-electron chi connectivity index (χ1n) is 6.11. The van der Waals surface area contributed by atoms with E-state index in [9.17, 15) is 4.79 Å². The SMILES string of the molecule is COC(=O)C(C)(Nc1cccc(OC)c1)C1CC1. The number of ether oxygens (including phenoxy) is 2. The van der Waals surface area contributed by atoms with Crippen LogP contribution in [-0.4, -0.2) is 25.7 Å². The van der Waals surface area contributed by atoms with E-state index in [0.29, 0.717) is 5.92 Å². The van der Waals surface area contributed by atoms with Crippen LogP contribution in [0.15, 0.2) is 24.3 Å². The molecule has 1 aliphatic rings. The highest BCUT2D eigenvalue weighted by molar-refractivity contribution is 5.85. The van der Waals surface area contributed by atoms with E-state index in [1.54, 1.807) is 7.11 Å². The highest BCUT2D eigenvalue weighted by Gasteiger charge is 2.48. The summed E-state index contributed by atoms with van der Waals surface area (Å²) in [5, 5.41) is 3.29. The van der Waals surface area contributed by atoms with E-state index in [1.165, 1.54) is 7.11 Å². The van der Waals surface area contributed by atoms with Crippen molar-refractivity contribution in [1.29, 1.82) is 0 Å². The van der Waals surface area contributed by atoms with Gasteiger partial charge in [0.2, 0.25) is 0 Å². The van der Waals surface area contributed by atoms with Crippen molar-refractivity contribution in [3.05, 3.63) is 24.3 Å². The summed E-state index contributed by atoms with van der Waals surface area (Å²) in [6, 6.07) is 7.57. The van der Waals surface area contributed by atoms with Gasteiger partial charge in [-0.1, -0.05) is 6.07 Å². The summed E-state index contributed by atoms with van der Waals surface area (Å²) in [7, 11) is 3.05. The Kier molecular flexibility index (Phi) is 3.45. The van der Waals surface area contributed by atoms with Crippen LogP contribution in [0.2, 0.25) is 0 Å². The van der Waals surface area contributed by atoms with Gasteiger partial charge in [0.15, 0.2) is 0 Å². The first-order chi connectivity index (χ1) is 8.60. The molecule has 1 fully saturated rings. The van der Waals surface area contributed by atoms with E-state index >= 15 is 0 Å². The number of hydrogen-bond donors (Lipinski definition) is 1. The maximum absolute atomic E-state index is 12.0. The average molecular weight is 249 g/mol. The smallest absolute Gasteiger partial charge is 0.331 e. The van der Waals surface area contributed by atoms with E-state index < -0.39 is 5.54 Å². The second-order valence-electron chi connectivity index (χ2n) is 4.83. The van der Waals surface area contributed by atoms with Crippen molar-refractivity contribution < 1.29 is 14.3 Å². The third-order valence-corrected chi connectivity index (χ3v) is 3.48. The van der Waals surface area contributed by atoms with Gasteiger partial charge in [0.25, 0.3) is 0 Å². The molecular weight excluding hydrogens is 230 g/mol. The van der Waals surface area contributed by atoms with E-state index in [2.05, 4.69) is 5.32 Å². The number of nitrogens with one attached hydrogen (secondary N) is 1. The van der Waals surface area contributed by atoms with Gasteiger partial charge in [0, 0.05) is 11.8 Å². The number of benzene rings is 1. The lowest BCUT2D eigenvalue weighted by atomic mass is 9.95. The first kappa shape index (κ1) is 12.7. The van der Waals surface area contributed by atoms with Gasteiger partial charge < -0.3 is 14.8 Å². The molecule has 0 amide bonds. The Labute approximate surface area is 107 Å². The molecule has 1 aliphatic carbocycles.